The number of carbonyl (C=O) groups is 1. The number of rotatable bonds is 6. The van der Waals surface area contributed by atoms with Gasteiger partial charge in [-0.15, -0.1) is 0 Å². The second kappa shape index (κ2) is 7.45. The molecule has 0 aliphatic rings. The van der Waals surface area contributed by atoms with Crippen LogP contribution in [0, 0.1) is 0 Å². The predicted octanol–water partition coefficient (Wildman–Crippen LogP) is 3.11. The van der Waals surface area contributed by atoms with Crippen molar-refractivity contribution in [3.8, 4) is 5.75 Å². The summed E-state index contributed by atoms with van der Waals surface area (Å²) in [5.41, 5.74) is 7.72. The van der Waals surface area contributed by atoms with Crippen LogP contribution in [0.25, 0.3) is 0 Å². The first-order valence-corrected chi connectivity index (χ1v) is 7.03. The number of para-hydroxylation sites is 2. The quantitative estimate of drug-likeness (QED) is 0.856. The molecule has 1 unspecified atom stereocenters. The lowest BCUT2D eigenvalue weighted by Gasteiger charge is -2.15. The molecule has 0 spiro atoms. The SMILES string of the molecule is CCC(N)c1ccccc1OCC(=O)Nc1ccccc1. The molecule has 0 radical (unpaired) electrons. The number of anilines is 1. The lowest BCUT2D eigenvalue weighted by Crippen LogP contribution is -2.21. The van der Waals surface area contributed by atoms with E-state index in [1.807, 2.05) is 61.5 Å². The van der Waals surface area contributed by atoms with E-state index >= 15 is 0 Å². The minimum Gasteiger partial charge on any atom is -0.483 e. The highest BCUT2D eigenvalue weighted by Gasteiger charge is 2.11. The van der Waals surface area contributed by atoms with Crippen LogP contribution in [-0.2, 0) is 4.79 Å². The van der Waals surface area contributed by atoms with Gasteiger partial charge in [-0.2, -0.15) is 0 Å². The number of hydrogen-bond acceptors (Lipinski definition) is 3. The highest BCUT2D eigenvalue weighted by molar-refractivity contribution is 5.91. The fourth-order valence-corrected chi connectivity index (χ4v) is 2.00. The van der Waals surface area contributed by atoms with Crippen LogP contribution in [0.4, 0.5) is 5.69 Å². The number of ether oxygens (including phenoxy) is 1. The molecule has 0 bridgehead atoms. The van der Waals surface area contributed by atoms with Crippen molar-refractivity contribution in [1.82, 2.24) is 0 Å². The van der Waals surface area contributed by atoms with Crippen LogP contribution >= 0.6 is 0 Å². The van der Waals surface area contributed by atoms with Crippen LogP contribution in [0.5, 0.6) is 5.75 Å². The van der Waals surface area contributed by atoms with E-state index in [0.717, 1.165) is 17.7 Å². The van der Waals surface area contributed by atoms with Crippen molar-refractivity contribution >= 4 is 11.6 Å². The number of benzene rings is 2. The smallest absolute Gasteiger partial charge is 0.262 e. The topological polar surface area (TPSA) is 64.3 Å². The first-order valence-electron chi connectivity index (χ1n) is 7.03. The Kier molecular flexibility index (Phi) is 5.35. The molecule has 0 heterocycles. The van der Waals surface area contributed by atoms with Gasteiger partial charge in [0.2, 0.25) is 0 Å². The third-order valence-corrected chi connectivity index (χ3v) is 3.17. The van der Waals surface area contributed by atoms with Crippen LogP contribution in [0.15, 0.2) is 54.6 Å². The first kappa shape index (κ1) is 15.1. The van der Waals surface area contributed by atoms with E-state index < -0.39 is 0 Å². The maximum Gasteiger partial charge on any atom is 0.262 e. The Balaban J connectivity index is 1.95. The lowest BCUT2D eigenvalue weighted by atomic mass is 10.0. The Bertz CT molecular complexity index is 584. The molecule has 4 nitrogen and oxygen atoms in total. The molecule has 1 amide bonds. The monoisotopic (exact) mass is 284 g/mol. The van der Waals surface area contributed by atoms with Crippen molar-refractivity contribution in [1.29, 1.82) is 0 Å². The van der Waals surface area contributed by atoms with Crippen LogP contribution in [0.2, 0.25) is 0 Å². The molecular formula is C17H20N2O2. The standard InChI is InChI=1S/C17H20N2O2/c1-2-15(18)14-10-6-7-11-16(14)21-12-17(20)19-13-8-4-3-5-9-13/h3-11,15H,2,12,18H2,1H3,(H,19,20). The molecule has 1 atom stereocenters. The fourth-order valence-electron chi connectivity index (χ4n) is 2.00. The van der Waals surface area contributed by atoms with Crippen molar-refractivity contribution in [2.24, 2.45) is 5.73 Å². The van der Waals surface area contributed by atoms with Crippen LogP contribution in [0.1, 0.15) is 24.9 Å². The minimum atomic E-state index is -0.193. The minimum absolute atomic E-state index is 0.0393. The summed E-state index contributed by atoms with van der Waals surface area (Å²) in [4.78, 5) is 11.9. The first-order chi connectivity index (χ1) is 10.2. The number of nitrogens with one attached hydrogen (secondary N) is 1. The molecule has 0 saturated carbocycles. The van der Waals surface area contributed by atoms with Crippen molar-refractivity contribution in [2.75, 3.05) is 11.9 Å². The van der Waals surface area contributed by atoms with E-state index in [-0.39, 0.29) is 18.6 Å². The summed E-state index contributed by atoms with van der Waals surface area (Å²) in [6.07, 6.45) is 0.816. The van der Waals surface area contributed by atoms with Crippen molar-refractivity contribution in [3.05, 3.63) is 60.2 Å². The number of amides is 1. The summed E-state index contributed by atoms with van der Waals surface area (Å²) in [5.74, 6) is 0.469. The molecule has 2 rings (SSSR count). The average Bonchev–Trinajstić information content (AvgIpc) is 2.53. The number of carbonyl (C=O) groups excluding carboxylic acids is 1. The molecule has 0 fully saturated rings. The largest absolute Gasteiger partial charge is 0.483 e. The molecule has 110 valence electrons. The Labute approximate surface area is 124 Å². The molecule has 0 aromatic heterocycles. The second-order valence-corrected chi connectivity index (χ2v) is 4.76. The maximum absolute atomic E-state index is 11.9. The fraction of sp³-hybridized carbons (Fsp3) is 0.235. The van der Waals surface area contributed by atoms with Crippen molar-refractivity contribution in [3.63, 3.8) is 0 Å². The van der Waals surface area contributed by atoms with Gasteiger partial charge in [0.25, 0.3) is 5.91 Å². The van der Waals surface area contributed by atoms with Gasteiger partial charge in [0.15, 0.2) is 6.61 Å². The molecular weight excluding hydrogens is 264 g/mol. The lowest BCUT2D eigenvalue weighted by molar-refractivity contribution is -0.118. The van der Waals surface area contributed by atoms with Gasteiger partial charge in [0, 0.05) is 17.3 Å². The zero-order valence-corrected chi connectivity index (χ0v) is 12.1. The molecule has 0 aliphatic heterocycles. The molecule has 2 aromatic rings. The average molecular weight is 284 g/mol. The van der Waals surface area contributed by atoms with Gasteiger partial charge in [0.05, 0.1) is 0 Å². The number of nitrogens with two attached hydrogens (primary N) is 1. The summed E-state index contributed by atoms with van der Waals surface area (Å²) in [7, 11) is 0. The van der Waals surface area contributed by atoms with E-state index in [1.165, 1.54) is 0 Å². The van der Waals surface area contributed by atoms with E-state index in [0.29, 0.717) is 5.75 Å². The van der Waals surface area contributed by atoms with Gasteiger partial charge in [-0.3, -0.25) is 4.79 Å². The van der Waals surface area contributed by atoms with E-state index in [4.69, 9.17) is 10.5 Å². The highest BCUT2D eigenvalue weighted by Crippen LogP contribution is 2.25. The Morgan fingerprint density at radius 1 is 1.14 bits per heavy atom. The molecule has 2 aromatic carbocycles. The van der Waals surface area contributed by atoms with Crippen LogP contribution < -0.4 is 15.8 Å². The highest BCUT2D eigenvalue weighted by atomic mass is 16.5. The summed E-state index contributed by atoms with van der Waals surface area (Å²) < 4.78 is 5.60. The van der Waals surface area contributed by atoms with E-state index in [2.05, 4.69) is 5.32 Å². The summed E-state index contributed by atoms with van der Waals surface area (Å²) in [6.45, 7) is 1.98. The molecule has 0 saturated heterocycles. The normalized spacial score (nSPS) is 11.7. The van der Waals surface area contributed by atoms with E-state index in [1.54, 1.807) is 0 Å². The third kappa shape index (κ3) is 4.33. The van der Waals surface area contributed by atoms with Gasteiger partial charge in [0.1, 0.15) is 5.75 Å². The summed E-state index contributed by atoms with van der Waals surface area (Å²) in [6, 6.07) is 16.8. The van der Waals surface area contributed by atoms with Gasteiger partial charge in [-0.05, 0) is 24.6 Å². The molecule has 0 aliphatic carbocycles. The Hall–Kier alpha value is -2.33. The summed E-state index contributed by atoms with van der Waals surface area (Å²) >= 11 is 0. The second-order valence-electron chi connectivity index (χ2n) is 4.76. The zero-order valence-electron chi connectivity index (χ0n) is 12.1. The predicted molar refractivity (Wildman–Crippen MR) is 84.2 cm³/mol. The van der Waals surface area contributed by atoms with Gasteiger partial charge >= 0.3 is 0 Å². The summed E-state index contributed by atoms with van der Waals surface area (Å²) in [5, 5.41) is 2.78. The zero-order chi connectivity index (χ0) is 15.1. The van der Waals surface area contributed by atoms with Gasteiger partial charge in [-0.25, -0.2) is 0 Å². The number of hydrogen-bond donors (Lipinski definition) is 2. The van der Waals surface area contributed by atoms with Crippen LogP contribution in [-0.4, -0.2) is 12.5 Å². The van der Waals surface area contributed by atoms with Crippen LogP contribution in [0.3, 0.4) is 0 Å². The van der Waals surface area contributed by atoms with Gasteiger partial charge < -0.3 is 15.8 Å². The van der Waals surface area contributed by atoms with E-state index in [9.17, 15) is 4.79 Å². The Morgan fingerprint density at radius 2 is 1.81 bits per heavy atom. The molecule has 4 heteroatoms. The maximum atomic E-state index is 11.9. The molecule has 3 N–H and O–H groups in total. The van der Waals surface area contributed by atoms with Crippen molar-refractivity contribution in [2.45, 2.75) is 19.4 Å². The van der Waals surface area contributed by atoms with Crippen molar-refractivity contribution < 1.29 is 9.53 Å². The van der Waals surface area contributed by atoms with Gasteiger partial charge in [-0.1, -0.05) is 43.3 Å². The Morgan fingerprint density at radius 3 is 2.52 bits per heavy atom. The third-order valence-electron chi connectivity index (χ3n) is 3.17. The molecule has 21 heavy (non-hydrogen) atoms.